The van der Waals surface area contributed by atoms with Crippen LogP contribution in [0.1, 0.15) is 21.5 Å². The van der Waals surface area contributed by atoms with E-state index in [2.05, 4.69) is 10.6 Å². The molecule has 1 amide bonds. The third-order valence-corrected chi connectivity index (χ3v) is 3.39. The largest absolute Gasteiger partial charge is 0.478 e. The van der Waals surface area contributed by atoms with Gasteiger partial charge in [-0.1, -0.05) is 29.8 Å². The van der Waals surface area contributed by atoms with Crippen molar-refractivity contribution < 1.29 is 14.7 Å². The number of nitrogens with zero attached hydrogens (tertiary/aromatic N) is 1. The number of amides is 1. The first kappa shape index (κ1) is 17.8. The summed E-state index contributed by atoms with van der Waals surface area (Å²) in [6.07, 6.45) is 1.36. The number of aromatic carboxylic acids is 1. The number of benzene rings is 2. The molecule has 0 spiro atoms. The molecule has 0 saturated heterocycles. The smallest absolute Gasteiger partial charge is 0.335 e. The Labute approximate surface area is 145 Å². The van der Waals surface area contributed by atoms with Gasteiger partial charge in [-0.05, 0) is 36.8 Å². The first-order valence-electron chi connectivity index (χ1n) is 7.53. The fourth-order valence-corrected chi connectivity index (χ4v) is 2.14. The Balaban J connectivity index is 1.97. The van der Waals surface area contributed by atoms with Crippen LogP contribution in [0.5, 0.6) is 0 Å². The van der Waals surface area contributed by atoms with Crippen LogP contribution >= 0.6 is 0 Å². The second-order valence-corrected chi connectivity index (χ2v) is 5.38. The van der Waals surface area contributed by atoms with E-state index in [-0.39, 0.29) is 11.1 Å². The molecule has 3 N–H and O–H groups in total. The molecule has 0 heterocycles. The van der Waals surface area contributed by atoms with Gasteiger partial charge in [-0.15, -0.1) is 0 Å². The number of carbonyl (C=O) groups excluding carboxylic acids is 1. The highest BCUT2D eigenvalue weighted by Crippen LogP contribution is 2.11. The topological polar surface area (TPSA) is 102 Å². The first-order chi connectivity index (χ1) is 12.0. The summed E-state index contributed by atoms with van der Waals surface area (Å²) in [6, 6.07) is 15.4. The molecular weight excluding hydrogens is 318 g/mol. The summed E-state index contributed by atoms with van der Waals surface area (Å²) >= 11 is 0. The van der Waals surface area contributed by atoms with Gasteiger partial charge in [0.1, 0.15) is 11.6 Å². The molecule has 2 rings (SSSR count). The number of carboxylic acid groups (broad SMARTS) is 1. The zero-order valence-electron chi connectivity index (χ0n) is 13.6. The fourth-order valence-electron chi connectivity index (χ4n) is 2.14. The van der Waals surface area contributed by atoms with E-state index in [0.29, 0.717) is 12.2 Å². The van der Waals surface area contributed by atoms with Gasteiger partial charge in [0, 0.05) is 18.4 Å². The lowest BCUT2D eigenvalue weighted by atomic mass is 10.1. The molecule has 126 valence electrons. The van der Waals surface area contributed by atoms with Crippen molar-refractivity contribution in [2.24, 2.45) is 0 Å². The molecule has 0 aliphatic carbocycles. The van der Waals surface area contributed by atoms with Gasteiger partial charge in [0.15, 0.2) is 0 Å². The predicted octanol–water partition coefficient (Wildman–Crippen LogP) is 2.83. The molecular formula is C19H17N3O3. The maximum absolute atomic E-state index is 12.1. The zero-order valence-corrected chi connectivity index (χ0v) is 13.6. The molecule has 0 atom stereocenters. The van der Waals surface area contributed by atoms with Crippen molar-refractivity contribution in [3.8, 4) is 6.07 Å². The van der Waals surface area contributed by atoms with Gasteiger partial charge in [-0.2, -0.15) is 5.26 Å². The minimum atomic E-state index is -1.05. The van der Waals surface area contributed by atoms with Crippen LogP contribution in [0.15, 0.2) is 60.3 Å². The van der Waals surface area contributed by atoms with Gasteiger partial charge in [0.25, 0.3) is 5.91 Å². The van der Waals surface area contributed by atoms with Crippen molar-refractivity contribution in [2.45, 2.75) is 13.5 Å². The summed E-state index contributed by atoms with van der Waals surface area (Å²) in [7, 11) is 0. The molecule has 0 fully saturated rings. The fraction of sp³-hybridized carbons (Fsp3) is 0.105. The van der Waals surface area contributed by atoms with E-state index in [1.54, 1.807) is 0 Å². The minimum absolute atomic E-state index is 0.0741. The lowest BCUT2D eigenvalue weighted by molar-refractivity contribution is -0.112. The Bertz CT molecular complexity index is 849. The number of nitrogens with one attached hydrogen (secondary N) is 2. The van der Waals surface area contributed by atoms with Crippen LogP contribution in [0.2, 0.25) is 0 Å². The highest BCUT2D eigenvalue weighted by molar-refractivity contribution is 6.06. The van der Waals surface area contributed by atoms with Crippen LogP contribution in [0.3, 0.4) is 0 Å². The molecule has 2 aromatic rings. The maximum Gasteiger partial charge on any atom is 0.335 e. The van der Waals surface area contributed by atoms with Gasteiger partial charge in [0.2, 0.25) is 0 Å². The van der Waals surface area contributed by atoms with Crippen LogP contribution < -0.4 is 10.6 Å². The summed E-state index contributed by atoms with van der Waals surface area (Å²) in [6.45, 7) is 2.48. The summed E-state index contributed by atoms with van der Waals surface area (Å²) in [5, 5.41) is 23.5. The molecule has 0 saturated carbocycles. The number of carboxylic acids is 1. The Morgan fingerprint density at radius 1 is 1.20 bits per heavy atom. The first-order valence-corrected chi connectivity index (χ1v) is 7.53. The SMILES string of the molecule is Cc1cccc(CN/C=C(/C#N)C(=O)Nc2ccc(C(=O)O)cc2)c1. The zero-order chi connectivity index (χ0) is 18.2. The number of aryl methyl sites for hydroxylation is 1. The average molecular weight is 335 g/mol. The van der Waals surface area contributed by atoms with Gasteiger partial charge < -0.3 is 15.7 Å². The van der Waals surface area contributed by atoms with E-state index in [1.165, 1.54) is 30.5 Å². The maximum atomic E-state index is 12.1. The monoisotopic (exact) mass is 335 g/mol. The van der Waals surface area contributed by atoms with E-state index < -0.39 is 11.9 Å². The Morgan fingerprint density at radius 2 is 1.92 bits per heavy atom. The van der Waals surface area contributed by atoms with Crippen molar-refractivity contribution >= 4 is 17.6 Å². The van der Waals surface area contributed by atoms with Crippen LogP contribution in [-0.4, -0.2) is 17.0 Å². The highest BCUT2D eigenvalue weighted by atomic mass is 16.4. The van der Waals surface area contributed by atoms with Crippen LogP contribution in [0.25, 0.3) is 0 Å². The molecule has 2 aromatic carbocycles. The predicted molar refractivity (Wildman–Crippen MR) is 93.7 cm³/mol. The summed E-state index contributed by atoms with van der Waals surface area (Å²) in [5.41, 5.74) is 2.63. The van der Waals surface area contributed by atoms with Gasteiger partial charge in [0.05, 0.1) is 5.56 Å². The average Bonchev–Trinajstić information content (AvgIpc) is 2.59. The van der Waals surface area contributed by atoms with Crippen LogP contribution in [0.4, 0.5) is 5.69 Å². The Hall–Kier alpha value is -3.59. The number of carbonyl (C=O) groups is 2. The Kier molecular flexibility index (Phi) is 5.91. The quantitative estimate of drug-likeness (QED) is 0.556. The molecule has 6 heteroatoms. The Morgan fingerprint density at radius 3 is 2.52 bits per heavy atom. The molecule has 0 bridgehead atoms. The number of hydrogen-bond acceptors (Lipinski definition) is 4. The van der Waals surface area contributed by atoms with E-state index in [0.717, 1.165) is 11.1 Å². The molecule has 6 nitrogen and oxygen atoms in total. The molecule has 0 unspecified atom stereocenters. The second-order valence-electron chi connectivity index (χ2n) is 5.38. The van der Waals surface area contributed by atoms with Crippen molar-refractivity contribution in [2.75, 3.05) is 5.32 Å². The van der Waals surface area contributed by atoms with Gasteiger partial charge in [-0.3, -0.25) is 4.79 Å². The molecule has 0 aliphatic heterocycles. The number of anilines is 1. The molecule has 25 heavy (non-hydrogen) atoms. The highest BCUT2D eigenvalue weighted by Gasteiger charge is 2.10. The van der Waals surface area contributed by atoms with Crippen molar-refractivity contribution in [1.82, 2.24) is 5.32 Å². The van der Waals surface area contributed by atoms with E-state index in [9.17, 15) is 9.59 Å². The van der Waals surface area contributed by atoms with Crippen molar-refractivity contribution in [3.63, 3.8) is 0 Å². The third kappa shape index (κ3) is 5.22. The number of rotatable bonds is 6. The van der Waals surface area contributed by atoms with Crippen molar-refractivity contribution in [3.05, 3.63) is 77.0 Å². The normalized spacial score (nSPS) is 10.6. The molecule has 0 aliphatic rings. The number of hydrogen-bond donors (Lipinski definition) is 3. The summed E-state index contributed by atoms with van der Waals surface area (Å²) < 4.78 is 0. The van der Waals surface area contributed by atoms with E-state index in [4.69, 9.17) is 10.4 Å². The lowest BCUT2D eigenvalue weighted by Crippen LogP contribution is -2.16. The summed E-state index contributed by atoms with van der Waals surface area (Å²) in [4.78, 5) is 22.9. The summed E-state index contributed by atoms with van der Waals surface area (Å²) in [5.74, 6) is -1.61. The lowest BCUT2D eigenvalue weighted by Gasteiger charge is -2.06. The third-order valence-electron chi connectivity index (χ3n) is 3.39. The standard InChI is InChI=1S/C19H17N3O3/c1-13-3-2-4-14(9-13)11-21-12-16(10-20)18(23)22-17-7-5-15(6-8-17)19(24)25/h2-9,12,21H,11H2,1H3,(H,22,23)(H,24,25)/b16-12-. The van der Waals surface area contributed by atoms with Gasteiger partial charge in [-0.25, -0.2) is 4.79 Å². The van der Waals surface area contributed by atoms with Crippen LogP contribution in [0, 0.1) is 18.3 Å². The van der Waals surface area contributed by atoms with Crippen LogP contribution in [-0.2, 0) is 11.3 Å². The number of nitriles is 1. The minimum Gasteiger partial charge on any atom is -0.478 e. The molecule has 0 aromatic heterocycles. The van der Waals surface area contributed by atoms with Crippen molar-refractivity contribution in [1.29, 1.82) is 5.26 Å². The second kappa shape index (κ2) is 8.31. The molecule has 0 radical (unpaired) electrons. The van der Waals surface area contributed by atoms with E-state index >= 15 is 0 Å². The van der Waals surface area contributed by atoms with E-state index in [1.807, 2.05) is 37.3 Å². The van der Waals surface area contributed by atoms with Gasteiger partial charge >= 0.3 is 5.97 Å².